The van der Waals surface area contributed by atoms with Gasteiger partial charge in [-0.2, -0.15) is 5.26 Å². The molecule has 1 amide bonds. The molecule has 0 atom stereocenters. The number of sulfone groups is 1. The fourth-order valence-electron chi connectivity index (χ4n) is 2.33. The number of halogens is 1. The van der Waals surface area contributed by atoms with Gasteiger partial charge in [0.25, 0.3) is 0 Å². The quantitative estimate of drug-likeness (QED) is 0.748. The molecule has 1 aliphatic heterocycles. The molecule has 0 unspecified atom stereocenters. The minimum absolute atomic E-state index is 0.0473. The molecule has 126 valence electrons. The zero-order chi connectivity index (χ0) is 18.0. The van der Waals surface area contributed by atoms with E-state index in [0.29, 0.717) is 10.7 Å². The average Bonchev–Trinajstić information content (AvgIpc) is 2.98. The van der Waals surface area contributed by atoms with Crippen molar-refractivity contribution in [1.82, 2.24) is 0 Å². The molecule has 5 nitrogen and oxygen atoms in total. The minimum atomic E-state index is -4.07. The van der Waals surface area contributed by atoms with Crippen molar-refractivity contribution in [2.75, 3.05) is 10.7 Å². The zero-order valence-corrected chi connectivity index (χ0v) is 15.1. The van der Waals surface area contributed by atoms with Gasteiger partial charge in [-0.15, -0.1) is 0 Å². The van der Waals surface area contributed by atoms with Gasteiger partial charge in [0, 0.05) is 10.7 Å². The number of amides is 1. The van der Waals surface area contributed by atoms with E-state index in [2.05, 4.69) is 0 Å². The van der Waals surface area contributed by atoms with Crippen LogP contribution in [0.5, 0.6) is 0 Å². The van der Waals surface area contributed by atoms with E-state index in [1.54, 1.807) is 36.4 Å². The topological polar surface area (TPSA) is 78.2 Å². The van der Waals surface area contributed by atoms with Crippen molar-refractivity contribution in [3.05, 3.63) is 69.6 Å². The summed E-state index contributed by atoms with van der Waals surface area (Å²) in [5.74, 6) is -0.198. The van der Waals surface area contributed by atoms with Crippen LogP contribution >= 0.6 is 23.4 Å². The number of carbonyl (C=O) groups excluding carboxylic acids is 1. The Hall–Kier alpha value is -2.27. The molecular weight excluding hydrogens is 380 g/mol. The molecular formula is C17H11ClN2O3S2. The second kappa shape index (κ2) is 6.92. The molecule has 25 heavy (non-hydrogen) atoms. The number of allylic oxidation sites excluding steroid dienone is 1. The lowest BCUT2D eigenvalue weighted by molar-refractivity contribution is -0.115. The van der Waals surface area contributed by atoms with Crippen LogP contribution in [-0.4, -0.2) is 20.1 Å². The third-order valence-electron chi connectivity index (χ3n) is 3.49. The largest absolute Gasteiger partial charge is 0.273 e. The fraction of sp³-hybridized carbons (Fsp3) is 0.0588. The number of hydrogen-bond acceptors (Lipinski definition) is 5. The predicted molar refractivity (Wildman–Crippen MR) is 97.7 cm³/mol. The van der Waals surface area contributed by atoms with Gasteiger partial charge in [0.2, 0.25) is 15.7 Å². The van der Waals surface area contributed by atoms with Gasteiger partial charge in [-0.3, -0.25) is 9.69 Å². The molecule has 0 aliphatic carbocycles. The number of hydrogen-bond donors (Lipinski definition) is 0. The van der Waals surface area contributed by atoms with Crippen LogP contribution in [0.2, 0.25) is 5.02 Å². The van der Waals surface area contributed by atoms with Gasteiger partial charge in [-0.25, -0.2) is 8.42 Å². The Balaban J connectivity index is 2.16. The zero-order valence-electron chi connectivity index (χ0n) is 12.7. The van der Waals surface area contributed by atoms with Crippen molar-refractivity contribution >= 4 is 44.8 Å². The summed E-state index contributed by atoms with van der Waals surface area (Å²) in [4.78, 5) is 13.0. The maximum atomic E-state index is 12.9. The number of benzene rings is 2. The van der Waals surface area contributed by atoms with E-state index in [-0.39, 0.29) is 21.6 Å². The molecule has 1 heterocycles. The van der Waals surface area contributed by atoms with Crippen LogP contribution in [0, 0.1) is 11.3 Å². The first-order valence-corrected chi connectivity index (χ1v) is 9.95. The van der Waals surface area contributed by atoms with E-state index in [0.717, 1.165) is 11.8 Å². The Bertz CT molecular complexity index is 994. The number of rotatable bonds is 3. The normalized spacial score (nSPS) is 16.6. The molecule has 1 aliphatic rings. The smallest absolute Gasteiger partial charge is 0.242 e. The van der Waals surface area contributed by atoms with Crippen LogP contribution < -0.4 is 4.90 Å². The maximum Gasteiger partial charge on any atom is 0.242 e. The molecule has 1 saturated heterocycles. The van der Waals surface area contributed by atoms with Gasteiger partial charge in [0.15, 0.2) is 4.91 Å². The number of carbonyl (C=O) groups is 1. The Morgan fingerprint density at radius 3 is 2.36 bits per heavy atom. The lowest BCUT2D eigenvalue weighted by Gasteiger charge is -2.18. The van der Waals surface area contributed by atoms with Crippen LogP contribution in [0.4, 0.5) is 5.69 Å². The van der Waals surface area contributed by atoms with E-state index >= 15 is 0 Å². The van der Waals surface area contributed by atoms with Gasteiger partial charge in [-0.1, -0.05) is 41.6 Å². The van der Waals surface area contributed by atoms with Gasteiger partial charge < -0.3 is 0 Å². The predicted octanol–water partition coefficient (Wildman–Crippen LogP) is 3.59. The third-order valence-corrected chi connectivity index (χ3v) is 6.64. The SMILES string of the molecule is N#CC(=C1SCC(=O)N1c1ccccc1)S(=O)(=O)c1ccc(Cl)cc1. The fourth-order valence-corrected chi connectivity index (χ4v) is 5.04. The van der Waals surface area contributed by atoms with Gasteiger partial charge in [0.1, 0.15) is 11.1 Å². The molecule has 0 radical (unpaired) electrons. The highest BCUT2D eigenvalue weighted by atomic mass is 35.5. The van der Waals surface area contributed by atoms with Crippen LogP contribution in [0.3, 0.4) is 0 Å². The summed E-state index contributed by atoms with van der Waals surface area (Å²) in [5.41, 5.74) is 0.520. The van der Waals surface area contributed by atoms with Crippen LogP contribution in [0.25, 0.3) is 0 Å². The second-order valence-corrected chi connectivity index (χ2v) is 8.34. The minimum Gasteiger partial charge on any atom is -0.273 e. The van der Waals surface area contributed by atoms with Crippen molar-refractivity contribution in [3.63, 3.8) is 0 Å². The lowest BCUT2D eigenvalue weighted by Crippen LogP contribution is -2.25. The van der Waals surface area contributed by atoms with Crippen LogP contribution in [0.15, 0.2) is 69.4 Å². The molecule has 0 saturated carbocycles. The average molecular weight is 391 g/mol. The van der Waals surface area contributed by atoms with E-state index in [1.165, 1.54) is 29.2 Å². The number of nitriles is 1. The molecule has 2 aromatic carbocycles. The Labute approximate surface area is 154 Å². The number of thioether (sulfide) groups is 1. The summed E-state index contributed by atoms with van der Waals surface area (Å²) in [6.07, 6.45) is 0. The van der Waals surface area contributed by atoms with Crippen LogP contribution in [-0.2, 0) is 14.6 Å². The molecule has 1 fully saturated rings. The van der Waals surface area contributed by atoms with E-state index < -0.39 is 14.7 Å². The molecule has 0 aromatic heterocycles. The molecule has 8 heteroatoms. The van der Waals surface area contributed by atoms with Crippen molar-refractivity contribution in [1.29, 1.82) is 5.26 Å². The molecule has 0 N–H and O–H groups in total. The first-order chi connectivity index (χ1) is 11.9. The molecule has 0 spiro atoms. The number of anilines is 1. The van der Waals surface area contributed by atoms with Crippen molar-refractivity contribution < 1.29 is 13.2 Å². The summed E-state index contributed by atoms with van der Waals surface area (Å²) >= 11 is 6.83. The van der Waals surface area contributed by atoms with Crippen molar-refractivity contribution in [2.24, 2.45) is 0 Å². The Morgan fingerprint density at radius 1 is 1.12 bits per heavy atom. The number of nitrogens with zero attached hydrogens (tertiary/aromatic N) is 2. The van der Waals surface area contributed by atoms with E-state index in [9.17, 15) is 18.5 Å². The first kappa shape index (κ1) is 17.5. The van der Waals surface area contributed by atoms with Gasteiger partial charge >= 0.3 is 0 Å². The highest BCUT2D eigenvalue weighted by molar-refractivity contribution is 8.05. The molecule has 2 aromatic rings. The maximum absolute atomic E-state index is 12.9. The molecule has 0 bridgehead atoms. The van der Waals surface area contributed by atoms with Crippen LogP contribution in [0.1, 0.15) is 0 Å². The highest BCUT2D eigenvalue weighted by Gasteiger charge is 2.36. The van der Waals surface area contributed by atoms with Gasteiger partial charge in [-0.05, 0) is 36.4 Å². The first-order valence-electron chi connectivity index (χ1n) is 7.11. The Kier molecular flexibility index (Phi) is 4.86. The van der Waals surface area contributed by atoms with Crippen molar-refractivity contribution in [2.45, 2.75) is 4.90 Å². The second-order valence-electron chi connectivity index (χ2n) is 5.06. The summed E-state index contributed by atoms with van der Waals surface area (Å²) in [6, 6.07) is 16.0. The monoisotopic (exact) mass is 390 g/mol. The van der Waals surface area contributed by atoms with Gasteiger partial charge in [0.05, 0.1) is 10.6 Å². The van der Waals surface area contributed by atoms with E-state index in [4.69, 9.17) is 11.6 Å². The number of para-hydroxylation sites is 1. The molecule has 3 rings (SSSR count). The summed E-state index contributed by atoms with van der Waals surface area (Å²) in [5, 5.41) is 10.0. The van der Waals surface area contributed by atoms with E-state index in [1.807, 2.05) is 0 Å². The summed E-state index contributed by atoms with van der Waals surface area (Å²) in [6.45, 7) is 0. The van der Waals surface area contributed by atoms with Crippen molar-refractivity contribution in [3.8, 4) is 6.07 Å². The lowest BCUT2D eigenvalue weighted by atomic mass is 10.3. The highest BCUT2D eigenvalue weighted by Crippen LogP contribution is 2.38. The summed E-state index contributed by atoms with van der Waals surface area (Å²) < 4.78 is 25.7. The third kappa shape index (κ3) is 3.29. The summed E-state index contributed by atoms with van der Waals surface area (Å²) in [7, 11) is -4.07. The standard InChI is InChI=1S/C17H11ClN2O3S2/c18-12-6-8-14(9-7-12)25(22,23)15(10-19)17-20(16(21)11-24-17)13-4-2-1-3-5-13/h1-9H,11H2. The Morgan fingerprint density at radius 2 is 1.76 bits per heavy atom.